The number of benzene rings is 1. The van der Waals surface area contributed by atoms with Crippen LogP contribution in [0.4, 0.5) is 5.82 Å². The van der Waals surface area contributed by atoms with Crippen molar-refractivity contribution < 1.29 is 9.59 Å². The van der Waals surface area contributed by atoms with Gasteiger partial charge in [0.05, 0.1) is 16.9 Å². The second-order valence-corrected chi connectivity index (χ2v) is 9.20. The molecule has 0 radical (unpaired) electrons. The standard InChI is InChI=1S/C29H28N6O2/c1-4-8-25(36)34-16-7-9-23(18-34)28-33-26(27-20(3)31-17-19(2)35(27)28)21-11-13-22(14-12-21)29(37)32-24-10-5-6-15-30-24/h5-6,10-15,17,23H,7,9,16,18H2,1-3H3,(H,30,32,37)/t23-/m1/s1. The Morgan fingerprint density at radius 1 is 1.08 bits per heavy atom. The van der Waals surface area contributed by atoms with Crippen LogP contribution in [-0.2, 0) is 4.79 Å². The molecule has 4 heterocycles. The fourth-order valence-corrected chi connectivity index (χ4v) is 4.88. The number of nitrogens with one attached hydrogen (secondary N) is 1. The highest BCUT2D eigenvalue weighted by molar-refractivity contribution is 6.04. The van der Waals surface area contributed by atoms with Crippen LogP contribution in [-0.4, -0.2) is 49.2 Å². The maximum atomic E-state index is 12.7. The van der Waals surface area contributed by atoms with E-state index in [1.54, 1.807) is 37.4 Å². The molecule has 1 atom stereocenters. The van der Waals surface area contributed by atoms with Gasteiger partial charge in [-0.3, -0.25) is 19.0 Å². The highest BCUT2D eigenvalue weighted by Crippen LogP contribution is 2.34. The minimum atomic E-state index is -0.225. The average molecular weight is 493 g/mol. The third-order valence-corrected chi connectivity index (χ3v) is 6.68. The first kappa shape index (κ1) is 24.2. The molecule has 0 unspecified atom stereocenters. The highest BCUT2D eigenvalue weighted by atomic mass is 16.2. The van der Waals surface area contributed by atoms with Crippen LogP contribution in [0.3, 0.4) is 0 Å². The predicted molar refractivity (Wildman–Crippen MR) is 142 cm³/mol. The van der Waals surface area contributed by atoms with Crippen molar-refractivity contribution in [3.63, 3.8) is 0 Å². The van der Waals surface area contributed by atoms with E-state index in [-0.39, 0.29) is 17.7 Å². The second-order valence-electron chi connectivity index (χ2n) is 9.20. The number of carbonyl (C=O) groups excluding carboxylic acids is 2. The Morgan fingerprint density at radius 3 is 2.62 bits per heavy atom. The lowest BCUT2D eigenvalue weighted by atomic mass is 9.97. The summed E-state index contributed by atoms with van der Waals surface area (Å²) in [7, 11) is 0. The first-order valence-electron chi connectivity index (χ1n) is 12.3. The lowest BCUT2D eigenvalue weighted by Gasteiger charge is -2.31. The van der Waals surface area contributed by atoms with E-state index in [4.69, 9.17) is 4.98 Å². The molecule has 1 N–H and O–H groups in total. The molecular formula is C29H28N6O2. The number of aryl methyl sites for hydroxylation is 2. The number of amides is 2. The Labute approximate surface area is 215 Å². The van der Waals surface area contributed by atoms with E-state index < -0.39 is 0 Å². The summed E-state index contributed by atoms with van der Waals surface area (Å²) in [6, 6.07) is 12.8. The Bertz CT molecular complexity index is 1530. The van der Waals surface area contributed by atoms with Crippen LogP contribution in [0.1, 0.15) is 53.3 Å². The van der Waals surface area contributed by atoms with Gasteiger partial charge in [0, 0.05) is 48.2 Å². The fourth-order valence-electron chi connectivity index (χ4n) is 4.88. The first-order valence-corrected chi connectivity index (χ1v) is 12.3. The molecule has 2 amide bonds. The van der Waals surface area contributed by atoms with Crippen molar-refractivity contribution >= 4 is 23.1 Å². The van der Waals surface area contributed by atoms with E-state index in [0.717, 1.165) is 46.8 Å². The molecule has 1 aliphatic heterocycles. The van der Waals surface area contributed by atoms with Gasteiger partial charge in [0.1, 0.15) is 11.6 Å². The van der Waals surface area contributed by atoms with E-state index in [0.29, 0.717) is 24.5 Å². The summed E-state index contributed by atoms with van der Waals surface area (Å²) in [5.41, 5.74) is 5.04. The number of fused-ring (bicyclic) bond motifs is 1. The van der Waals surface area contributed by atoms with Crippen LogP contribution < -0.4 is 5.32 Å². The molecule has 186 valence electrons. The maximum Gasteiger partial charge on any atom is 0.298 e. The molecule has 5 rings (SSSR count). The molecule has 1 fully saturated rings. The van der Waals surface area contributed by atoms with E-state index in [1.807, 2.05) is 43.1 Å². The Hall–Kier alpha value is -4.51. The topological polar surface area (TPSA) is 92.5 Å². The van der Waals surface area contributed by atoms with E-state index in [9.17, 15) is 9.59 Å². The smallest absolute Gasteiger partial charge is 0.298 e. The highest BCUT2D eigenvalue weighted by Gasteiger charge is 2.29. The predicted octanol–water partition coefficient (Wildman–Crippen LogP) is 4.39. The lowest BCUT2D eigenvalue weighted by Crippen LogP contribution is -2.39. The zero-order valence-corrected chi connectivity index (χ0v) is 21.2. The van der Waals surface area contributed by atoms with Crippen molar-refractivity contribution in [1.82, 2.24) is 24.3 Å². The van der Waals surface area contributed by atoms with Crippen LogP contribution in [0.15, 0.2) is 54.9 Å². The second kappa shape index (κ2) is 10.2. The number of anilines is 1. The van der Waals surface area contributed by atoms with Crippen LogP contribution >= 0.6 is 0 Å². The third-order valence-electron chi connectivity index (χ3n) is 6.68. The number of carbonyl (C=O) groups is 2. The Balaban J connectivity index is 1.50. The fraction of sp³-hybridized carbons (Fsp3) is 0.276. The molecule has 8 nitrogen and oxygen atoms in total. The molecule has 0 spiro atoms. The summed E-state index contributed by atoms with van der Waals surface area (Å²) in [5.74, 6) is 6.53. The summed E-state index contributed by atoms with van der Waals surface area (Å²) in [5, 5.41) is 2.81. The number of likely N-dealkylation sites (tertiary alicyclic amines) is 1. The molecule has 4 aromatic rings. The molecule has 0 saturated carbocycles. The van der Waals surface area contributed by atoms with Crippen molar-refractivity contribution in [1.29, 1.82) is 0 Å². The summed E-state index contributed by atoms with van der Waals surface area (Å²) in [6.45, 7) is 6.97. The van der Waals surface area contributed by atoms with Gasteiger partial charge < -0.3 is 10.2 Å². The molecule has 8 heteroatoms. The normalized spacial score (nSPS) is 15.2. The number of nitrogens with zero attached hydrogens (tertiary/aromatic N) is 5. The monoisotopic (exact) mass is 492 g/mol. The number of rotatable bonds is 4. The first-order chi connectivity index (χ1) is 18.0. The number of piperidine rings is 1. The number of imidazole rings is 1. The van der Waals surface area contributed by atoms with Gasteiger partial charge in [0.25, 0.3) is 11.8 Å². The molecular weight excluding hydrogens is 464 g/mol. The molecule has 1 aliphatic rings. The summed E-state index contributed by atoms with van der Waals surface area (Å²) in [4.78, 5) is 40.9. The van der Waals surface area contributed by atoms with Crippen molar-refractivity contribution in [3.8, 4) is 23.1 Å². The van der Waals surface area contributed by atoms with Crippen molar-refractivity contribution in [2.24, 2.45) is 0 Å². The number of hydrogen-bond donors (Lipinski definition) is 1. The zero-order valence-electron chi connectivity index (χ0n) is 21.2. The molecule has 0 bridgehead atoms. The minimum absolute atomic E-state index is 0.0847. The molecule has 37 heavy (non-hydrogen) atoms. The number of pyridine rings is 1. The maximum absolute atomic E-state index is 12.7. The SMILES string of the molecule is CC#CC(=O)N1CCC[C@@H](c2nc(-c3ccc(C(=O)Nc4ccccn4)cc3)c3c(C)ncc(C)n23)C1. The summed E-state index contributed by atoms with van der Waals surface area (Å²) >= 11 is 0. The lowest BCUT2D eigenvalue weighted by molar-refractivity contribution is -0.126. The van der Waals surface area contributed by atoms with Gasteiger partial charge in [-0.1, -0.05) is 24.1 Å². The van der Waals surface area contributed by atoms with Crippen molar-refractivity contribution in [2.75, 3.05) is 18.4 Å². The van der Waals surface area contributed by atoms with Gasteiger partial charge >= 0.3 is 0 Å². The van der Waals surface area contributed by atoms with Gasteiger partial charge in [-0.15, -0.1) is 0 Å². The molecule has 3 aromatic heterocycles. The van der Waals surface area contributed by atoms with Gasteiger partial charge in [-0.2, -0.15) is 0 Å². The van der Waals surface area contributed by atoms with Gasteiger partial charge in [0.15, 0.2) is 0 Å². The van der Waals surface area contributed by atoms with Crippen LogP contribution in [0, 0.1) is 25.7 Å². The Kier molecular flexibility index (Phi) is 6.69. The van der Waals surface area contributed by atoms with Gasteiger partial charge in [-0.05, 0) is 63.8 Å². The van der Waals surface area contributed by atoms with Crippen molar-refractivity contribution in [2.45, 2.75) is 39.5 Å². The van der Waals surface area contributed by atoms with Gasteiger partial charge in [0.2, 0.25) is 0 Å². The molecule has 0 aliphatic carbocycles. The largest absolute Gasteiger partial charge is 0.331 e. The third kappa shape index (κ3) is 4.81. The van der Waals surface area contributed by atoms with E-state index >= 15 is 0 Å². The van der Waals surface area contributed by atoms with Crippen LogP contribution in [0.25, 0.3) is 16.8 Å². The molecule has 1 aromatic carbocycles. The minimum Gasteiger partial charge on any atom is -0.331 e. The Morgan fingerprint density at radius 2 is 1.89 bits per heavy atom. The van der Waals surface area contributed by atoms with Crippen LogP contribution in [0.2, 0.25) is 0 Å². The zero-order chi connectivity index (χ0) is 25.9. The molecule has 1 saturated heterocycles. The van der Waals surface area contributed by atoms with Gasteiger partial charge in [-0.25, -0.2) is 9.97 Å². The van der Waals surface area contributed by atoms with Crippen LogP contribution in [0.5, 0.6) is 0 Å². The van der Waals surface area contributed by atoms with E-state index in [1.165, 1.54) is 0 Å². The van der Waals surface area contributed by atoms with E-state index in [2.05, 4.69) is 31.5 Å². The number of hydrogen-bond acceptors (Lipinski definition) is 5. The average Bonchev–Trinajstić information content (AvgIpc) is 3.34. The summed E-state index contributed by atoms with van der Waals surface area (Å²) < 4.78 is 2.17. The quantitative estimate of drug-likeness (QED) is 0.427. The van der Waals surface area contributed by atoms with Crippen molar-refractivity contribution in [3.05, 3.63) is 77.6 Å². The summed E-state index contributed by atoms with van der Waals surface area (Å²) in [6.07, 6.45) is 5.33. The number of aromatic nitrogens is 4.